The highest BCUT2D eigenvalue weighted by atomic mass is 32.2. The van der Waals surface area contributed by atoms with Gasteiger partial charge in [0.15, 0.2) is 0 Å². The van der Waals surface area contributed by atoms with Gasteiger partial charge in [-0.1, -0.05) is 0 Å². The molecule has 0 aliphatic carbocycles. The molecule has 8 heteroatoms. The number of methoxy groups -OCH3 is 1. The van der Waals surface area contributed by atoms with Crippen molar-refractivity contribution in [1.29, 1.82) is 0 Å². The largest absolute Gasteiger partial charge is 0.481 e. The van der Waals surface area contributed by atoms with Crippen LogP contribution in [-0.4, -0.2) is 56.7 Å². The van der Waals surface area contributed by atoms with E-state index in [1.165, 1.54) is 7.11 Å². The zero-order valence-electron chi connectivity index (χ0n) is 9.76. The van der Waals surface area contributed by atoms with Crippen molar-refractivity contribution in [2.75, 3.05) is 26.0 Å². The Bertz CT molecular complexity index is 315. The van der Waals surface area contributed by atoms with Crippen molar-refractivity contribution in [2.24, 2.45) is 0 Å². The van der Waals surface area contributed by atoms with E-state index in [-0.39, 0.29) is 38.2 Å². The van der Waals surface area contributed by atoms with Crippen LogP contribution < -0.4 is 4.72 Å². The molecule has 1 unspecified atom stereocenters. The molecule has 7 nitrogen and oxygen atoms in total. The van der Waals surface area contributed by atoms with Gasteiger partial charge < -0.3 is 14.9 Å². The van der Waals surface area contributed by atoms with E-state index in [1.807, 2.05) is 0 Å². The van der Waals surface area contributed by atoms with Gasteiger partial charge in [-0.2, -0.15) is 0 Å². The fraction of sp³-hybridized carbons (Fsp3) is 0.889. The molecule has 0 heterocycles. The standard InChI is InChI=1S/C9H19NO6S/c1-16-7-8(11)4-5-10-17(14,15)6-2-3-9(12)13/h8,10-11H,2-7H2,1H3,(H,12,13). The maximum atomic E-state index is 11.3. The Labute approximate surface area is 101 Å². The summed E-state index contributed by atoms with van der Waals surface area (Å²) in [5.74, 6) is -1.24. The molecule has 0 aromatic rings. The maximum absolute atomic E-state index is 11.3. The quantitative estimate of drug-likeness (QED) is 0.477. The van der Waals surface area contributed by atoms with Gasteiger partial charge in [-0.3, -0.25) is 4.79 Å². The Morgan fingerprint density at radius 3 is 2.65 bits per heavy atom. The molecule has 0 amide bonds. The lowest BCUT2D eigenvalue weighted by Gasteiger charge is -2.10. The number of aliphatic carboxylic acids is 1. The molecule has 0 aromatic heterocycles. The lowest BCUT2D eigenvalue weighted by Crippen LogP contribution is -2.30. The molecule has 0 aliphatic heterocycles. The molecule has 1 atom stereocenters. The molecule has 0 radical (unpaired) electrons. The topological polar surface area (TPSA) is 113 Å². The van der Waals surface area contributed by atoms with Crippen molar-refractivity contribution >= 4 is 16.0 Å². The number of aliphatic hydroxyl groups is 1. The average molecular weight is 269 g/mol. The summed E-state index contributed by atoms with van der Waals surface area (Å²) in [7, 11) is -2.01. The van der Waals surface area contributed by atoms with E-state index in [0.29, 0.717) is 0 Å². The SMILES string of the molecule is COCC(O)CCNS(=O)(=O)CCCC(=O)O. The Hall–Kier alpha value is -0.700. The second-order valence-corrected chi connectivity index (χ2v) is 5.53. The summed E-state index contributed by atoms with van der Waals surface area (Å²) in [5.41, 5.74) is 0. The van der Waals surface area contributed by atoms with Crippen LogP contribution in [0.3, 0.4) is 0 Å². The first-order valence-electron chi connectivity index (χ1n) is 5.23. The normalized spacial score (nSPS) is 13.5. The Kier molecular flexibility index (Phi) is 8.05. The number of ether oxygens (including phenoxy) is 1. The molecule has 0 saturated heterocycles. The minimum Gasteiger partial charge on any atom is -0.481 e. The van der Waals surface area contributed by atoms with E-state index in [4.69, 9.17) is 5.11 Å². The molecule has 0 fully saturated rings. The Balaban J connectivity index is 3.74. The third kappa shape index (κ3) is 10.2. The smallest absolute Gasteiger partial charge is 0.303 e. The third-order valence-corrected chi connectivity index (χ3v) is 3.43. The summed E-state index contributed by atoms with van der Waals surface area (Å²) in [5, 5.41) is 17.6. The monoisotopic (exact) mass is 269 g/mol. The fourth-order valence-corrected chi connectivity index (χ4v) is 2.24. The van der Waals surface area contributed by atoms with E-state index in [2.05, 4.69) is 9.46 Å². The number of nitrogens with one attached hydrogen (secondary N) is 1. The van der Waals surface area contributed by atoms with Crippen LogP contribution in [0.4, 0.5) is 0 Å². The number of carboxylic acids is 1. The minimum atomic E-state index is -3.45. The average Bonchev–Trinajstić information content (AvgIpc) is 2.16. The molecule has 0 saturated carbocycles. The highest BCUT2D eigenvalue weighted by Crippen LogP contribution is 1.96. The third-order valence-electron chi connectivity index (χ3n) is 1.96. The molecule has 0 spiro atoms. The predicted molar refractivity (Wildman–Crippen MR) is 61.2 cm³/mol. The Morgan fingerprint density at radius 1 is 1.47 bits per heavy atom. The number of aliphatic hydroxyl groups excluding tert-OH is 1. The number of carboxylic acid groups (broad SMARTS) is 1. The molecular formula is C9H19NO6S. The van der Waals surface area contributed by atoms with Gasteiger partial charge in [-0.25, -0.2) is 13.1 Å². The van der Waals surface area contributed by atoms with E-state index in [0.717, 1.165) is 0 Å². The van der Waals surface area contributed by atoms with Crippen LogP contribution in [0.25, 0.3) is 0 Å². The van der Waals surface area contributed by atoms with Crippen molar-refractivity contribution in [1.82, 2.24) is 4.72 Å². The predicted octanol–water partition coefficient (Wildman–Crippen LogP) is -0.832. The van der Waals surface area contributed by atoms with Crippen molar-refractivity contribution in [2.45, 2.75) is 25.4 Å². The van der Waals surface area contributed by atoms with Crippen LogP contribution >= 0.6 is 0 Å². The number of rotatable bonds is 10. The summed E-state index contributed by atoms with van der Waals surface area (Å²) in [6, 6.07) is 0. The van der Waals surface area contributed by atoms with Gasteiger partial charge >= 0.3 is 5.97 Å². The van der Waals surface area contributed by atoms with Gasteiger partial charge in [0.25, 0.3) is 0 Å². The minimum absolute atomic E-state index is 0.0747. The van der Waals surface area contributed by atoms with Gasteiger partial charge in [0.1, 0.15) is 0 Å². The molecule has 0 aliphatic rings. The van der Waals surface area contributed by atoms with Crippen LogP contribution in [0, 0.1) is 0 Å². The van der Waals surface area contributed by atoms with Crippen LogP contribution in [-0.2, 0) is 19.6 Å². The van der Waals surface area contributed by atoms with Crippen molar-refractivity contribution in [3.8, 4) is 0 Å². The molecule has 102 valence electrons. The van der Waals surface area contributed by atoms with Gasteiger partial charge in [0.2, 0.25) is 10.0 Å². The number of hydrogen-bond donors (Lipinski definition) is 3. The summed E-state index contributed by atoms with van der Waals surface area (Å²) in [6.45, 7) is 0.265. The number of hydrogen-bond acceptors (Lipinski definition) is 5. The van der Waals surface area contributed by atoms with E-state index in [9.17, 15) is 18.3 Å². The van der Waals surface area contributed by atoms with E-state index in [1.54, 1.807) is 0 Å². The van der Waals surface area contributed by atoms with Gasteiger partial charge in [-0.15, -0.1) is 0 Å². The molecule has 0 aromatic carbocycles. The van der Waals surface area contributed by atoms with E-state index < -0.39 is 22.1 Å². The first-order chi connectivity index (χ1) is 7.87. The summed E-state index contributed by atoms with van der Waals surface area (Å²) in [6.07, 6.45) is -0.549. The fourth-order valence-electron chi connectivity index (χ4n) is 1.14. The van der Waals surface area contributed by atoms with Crippen molar-refractivity contribution in [3.63, 3.8) is 0 Å². The van der Waals surface area contributed by atoms with Gasteiger partial charge in [-0.05, 0) is 12.8 Å². The first-order valence-corrected chi connectivity index (χ1v) is 6.88. The van der Waals surface area contributed by atoms with Crippen molar-refractivity contribution < 1.29 is 28.2 Å². The van der Waals surface area contributed by atoms with Crippen molar-refractivity contribution in [3.05, 3.63) is 0 Å². The van der Waals surface area contributed by atoms with Gasteiger partial charge in [0, 0.05) is 20.1 Å². The number of sulfonamides is 1. The summed E-state index contributed by atoms with van der Waals surface area (Å²) >= 11 is 0. The lowest BCUT2D eigenvalue weighted by atomic mass is 10.3. The second-order valence-electron chi connectivity index (χ2n) is 3.61. The Morgan fingerprint density at radius 2 is 2.12 bits per heavy atom. The summed E-state index contributed by atoms with van der Waals surface area (Å²) < 4.78 is 29.6. The second kappa shape index (κ2) is 8.40. The molecule has 0 rings (SSSR count). The number of carbonyl (C=O) groups is 1. The molecule has 17 heavy (non-hydrogen) atoms. The summed E-state index contributed by atoms with van der Waals surface area (Å²) in [4.78, 5) is 10.2. The first kappa shape index (κ1) is 16.3. The highest BCUT2D eigenvalue weighted by Gasteiger charge is 2.11. The lowest BCUT2D eigenvalue weighted by molar-refractivity contribution is -0.137. The molecule has 3 N–H and O–H groups in total. The van der Waals surface area contributed by atoms with Gasteiger partial charge in [0.05, 0.1) is 18.5 Å². The van der Waals surface area contributed by atoms with Crippen LogP contribution in [0.15, 0.2) is 0 Å². The zero-order chi connectivity index (χ0) is 13.3. The molecular weight excluding hydrogens is 250 g/mol. The van der Waals surface area contributed by atoms with Crippen LogP contribution in [0.2, 0.25) is 0 Å². The maximum Gasteiger partial charge on any atom is 0.303 e. The molecule has 0 bridgehead atoms. The van der Waals surface area contributed by atoms with Crippen LogP contribution in [0.1, 0.15) is 19.3 Å². The zero-order valence-corrected chi connectivity index (χ0v) is 10.6. The van der Waals surface area contributed by atoms with Crippen LogP contribution in [0.5, 0.6) is 0 Å². The van der Waals surface area contributed by atoms with E-state index >= 15 is 0 Å². The highest BCUT2D eigenvalue weighted by molar-refractivity contribution is 7.89.